The van der Waals surface area contributed by atoms with E-state index in [0.717, 1.165) is 29.8 Å². The number of anilines is 1. The normalized spacial score (nSPS) is 9.95. The summed E-state index contributed by atoms with van der Waals surface area (Å²) in [6.07, 6.45) is 7.96. The standard InChI is InChI=1S/C15H15N3OS/c1-2-3-5-10-14-17-18-15(20-14)16-13(19)11-12-8-6-4-7-9-12/h1,4,6-9H,3,5,10-11H2,(H,16,18,19). The minimum Gasteiger partial charge on any atom is -0.300 e. The Kier molecular flexibility index (Phi) is 5.27. The van der Waals surface area contributed by atoms with Gasteiger partial charge in [-0.15, -0.1) is 22.5 Å². The summed E-state index contributed by atoms with van der Waals surface area (Å²) in [7, 11) is 0. The van der Waals surface area contributed by atoms with Crippen LogP contribution in [0.2, 0.25) is 0 Å². The Balaban J connectivity index is 1.84. The smallest absolute Gasteiger partial charge is 0.230 e. The molecule has 1 aromatic heterocycles. The quantitative estimate of drug-likeness (QED) is 0.656. The maximum atomic E-state index is 11.9. The molecule has 0 saturated heterocycles. The molecule has 0 aliphatic carbocycles. The third kappa shape index (κ3) is 4.48. The van der Waals surface area contributed by atoms with Gasteiger partial charge in [0.2, 0.25) is 11.0 Å². The van der Waals surface area contributed by atoms with Crippen LogP contribution in [0.4, 0.5) is 5.13 Å². The number of benzene rings is 1. The van der Waals surface area contributed by atoms with Gasteiger partial charge in [-0.05, 0) is 12.0 Å². The molecule has 0 bridgehead atoms. The maximum Gasteiger partial charge on any atom is 0.230 e. The topological polar surface area (TPSA) is 54.9 Å². The lowest BCUT2D eigenvalue weighted by molar-refractivity contribution is -0.115. The van der Waals surface area contributed by atoms with E-state index in [0.29, 0.717) is 11.6 Å². The van der Waals surface area contributed by atoms with Crippen molar-refractivity contribution >= 4 is 22.4 Å². The minimum absolute atomic E-state index is 0.0810. The van der Waals surface area contributed by atoms with E-state index in [1.165, 1.54) is 11.3 Å². The lowest BCUT2D eigenvalue weighted by Gasteiger charge is -2.00. The number of carbonyl (C=O) groups is 1. The predicted molar refractivity (Wildman–Crippen MR) is 80.5 cm³/mol. The molecule has 0 saturated carbocycles. The van der Waals surface area contributed by atoms with Gasteiger partial charge in [0.1, 0.15) is 5.01 Å². The highest BCUT2D eigenvalue weighted by Gasteiger charge is 2.08. The van der Waals surface area contributed by atoms with Crippen molar-refractivity contribution in [3.63, 3.8) is 0 Å². The van der Waals surface area contributed by atoms with Gasteiger partial charge in [0, 0.05) is 12.8 Å². The van der Waals surface area contributed by atoms with Crippen molar-refractivity contribution in [1.82, 2.24) is 10.2 Å². The fraction of sp³-hybridized carbons (Fsp3) is 0.267. The second kappa shape index (κ2) is 7.41. The summed E-state index contributed by atoms with van der Waals surface area (Å²) >= 11 is 1.40. The Bertz CT molecular complexity index is 601. The number of aryl methyl sites for hydroxylation is 1. The van der Waals surface area contributed by atoms with Crippen molar-refractivity contribution in [3.8, 4) is 12.3 Å². The number of terminal acetylenes is 1. The van der Waals surface area contributed by atoms with E-state index in [1.807, 2.05) is 30.3 Å². The number of amides is 1. The van der Waals surface area contributed by atoms with Crippen LogP contribution in [0.1, 0.15) is 23.4 Å². The van der Waals surface area contributed by atoms with E-state index in [1.54, 1.807) is 0 Å². The zero-order valence-corrected chi connectivity index (χ0v) is 11.8. The average Bonchev–Trinajstić information content (AvgIpc) is 2.87. The number of aromatic nitrogens is 2. The molecule has 2 aromatic rings. The molecule has 4 nitrogen and oxygen atoms in total. The van der Waals surface area contributed by atoms with Gasteiger partial charge in [0.25, 0.3) is 0 Å². The van der Waals surface area contributed by atoms with Crippen molar-refractivity contribution < 1.29 is 4.79 Å². The molecule has 1 heterocycles. The van der Waals surface area contributed by atoms with Crippen LogP contribution in [0.15, 0.2) is 30.3 Å². The SMILES string of the molecule is C#CCCCc1nnc(NC(=O)Cc2ccccc2)s1. The number of hydrogen-bond acceptors (Lipinski definition) is 4. The van der Waals surface area contributed by atoms with E-state index >= 15 is 0 Å². The number of nitrogens with one attached hydrogen (secondary N) is 1. The first-order valence-electron chi connectivity index (χ1n) is 6.37. The van der Waals surface area contributed by atoms with Crippen molar-refractivity contribution in [2.24, 2.45) is 0 Å². The van der Waals surface area contributed by atoms with Gasteiger partial charge >= 0.3 is 0 Å². The molecule has 2 rings (SSSR count). The molecular formula is C15H15N3OS. The number of nitrogens with zero attached hydrogens (tertiary/aromatic N) is 2. The molecule has 1 amide bonds. The van der Waals surface area contributed by atoms with Crippen LogP contribution in [0, 0.1) is 12.3 Å². The van der Waals surface area contributed by atoms with E-state index in [9.17, 15) is 4.79 Å². The molecule has 0 spiro atoms. The fourth-order valence-electron chi connectivity index (χ4n) is 1.69. The summed E-state index contributed by atoms with van der Waals surface area (Å²) in [5.74, 6) is 2.51. The molecule has 0 aliphatic rings. The van der Waals surface area contributed by atoms with Gasteiger partial charge in [-0.2, -0.15) is 0 Å². The molecule has 1 N–H and O–H groups in total. The highest BCUT2D eigenvalue weighted by Crippen LogP contribution is 2.17. The number of carbonyl (C=O) groups excluding carboxylic acids is 1. The minimum atomic E-state index is -0.0810. The zero-order chi connectivity index (χ0) is 14.2. The molecule has 0 atom stereocenters. The van der Waals surface area contributed by atoms with Gasteiger partial charge < -0.3 is 5.32 Å². The Morgan fingerprint density at radius 1 is 1.30 bits per heavy atom. The monoisotopic (exact) mass is 285 g/mol. The summed E-state index contributed by atoms with van der Waals surface area (Å²) in [4.78, 5) is 11.9. The van der Waals surface area contributed by atoms with Crippen molar-refractivity contribution in [2.45, 2.75) is 25.7 Å². The van der Waals surface area contributed by atoms with Crippen LogP contribution >= 0.6 is 11.3 Å². The average molecular weight is 285 g/mol. The molecule has 20 heavy (non-hydrogen) atoms. The maximum absolute atomic E-state index is 11.9. The van der Waals surface area contributed by atoms with Crippen LogP contribution in [0.5, 0.6) is 0 Å². The second-order valence-corrected chi connectivity index (χ2v) is 5.33. The van der Waals surface area contributed by atoms with E-state index in [4.69, 9.17) is 6.42 Å². The third-order valence-electron chi connectivity index (χ3n) is 2.63. The Hall–Kier alpha value is -2.19. The molecule has 0 fully saturated rings. The van der Waals surface area contributed by atoms with Gasteiger partial charge in [0.05, 0.1) is 6.42 Å². The molecule has 0 radical (unpaired) electrons. The lowest BCUT2D eigenvalue weighted by atomic mass is 10.1. The lowest BCUT2D eigenvalue weighted by Crippen LogP contribution is -2.14. The van der Waals surface area contributed by atoms with Crippen molar-refractivity contribution in [1.29, 1.82) is 0 Å². The van der Waals surface area contributed by atoms with Gasteiger partial charge in [-0.3, -0.25) is 4.79 Å². The largest absolute Gasteiger partial charge is 0.300 e. The zero-order valence-electron chi connectivity index (χ0n) is 11.0. The summed E-state index contributed by atoms with van der Waals surface area (Å²) in [6.45, 7) is 0. The number of hydrogen-bond donors (Lipinski definition) is 1. The summed E-state index contributed by atoms with van der Waals surface area (Å²) in [5.41, 5.74) is 0.976. The highest BCUT2D eigenvalue weighted by molar-refractivity contribution is 7.15. The predicted octanol–water partition coefficient (Wildman–Crippen LogP) is 2.68. The Morgan fingerprint density at radius 2 is 2.10 bits per heavy atom. The highest BCUT2D eigenvalue weighted by atomic mass is 32.1. The molecule has 1 aromatic carbocycles. The second-order valence-electron chi connectivity index (χ2n) is 4.27. The number of unbranched alkanes of at least 4 members (excludes halogenated alkanes) is 1. The summed E-state index contributed by atoms with van der Waals surface area (Å²) in [6, 6.07) is 9.60. The summed E-state index contributed by atoms with van der Waals surface area (Å²) in [5, 5.41) is 12.2. The molecule has 5 heteroatoms. The molecule has 102 valence electrons. The summed E-state index contributed by atoms with van der Waals surface area (Å²) < 4.78 is 0. The first-order valence-corrected chi connectivity index (χ1v) is 7.19. The van der Waals surface area contributed by atoms with Crippen LogP contribution in [-0.4, -0.2) is 16.1 Å². The van der Waals surface area contributed by atoms with E-state index < -0.39 is 0 Å². The molecule has 0 aliphatic heterocycles. The van der Waals surface area contributed by atoms with Gasteiger partial charge in [-0.1, -0.05) is 41.7 Å². The Labute approximate surface area is 122 Å². The fourth-order valence-corrected chi connectivity index (χ4v) is 2.49. The first kappa shape index (κ1) is 14.2. The third-order valence-corrected chi connectivity index (χ3v) is 3.53. The molecular weight excluding hydrogens is 270 g/mol. The van der Waals surface area contributed by atoms with E-state index in [-0.39, 0.29) is 5.91 Å². The number of rotatable bonds is 6. The van der Waals surface area contributed by atoms with Gasteiger partial charge in [-0.25, -0.2) is 0 Å². The van der Waals surface area contributed by atoms with Crippen LogP contribution < -0.4 is 5.32 Å². The van der Waals surface area contributed by atoms with Crippen molar-refractivity contribution in [3.05, 3.63) is 40.9 Å². The Morgan fingerprint density at radius 3 is 2.85 bits per heavy atom. The van der Waals surface area contributed by atoms with E-state index in [2.05, 4.69) is 21.4 Å². The first-order chi connectivity index (χ1) is 9.78. The molecule has 0 unspecified atom stereocenters. The van der Waals surface area contributed by atoms with Crippen LogP contribution in [0.3, 0.4) is 0 Å². The van der Waals surface area contributed by atoms with Crippen LogP contribution in [0.25, 0.3) is 0 Å². The van der Waals surface area contributed by atoms with Crippen molar-refractivity contribution in [2.75, 3.05) is 5.32 Å². The van der Waals surface area contributed by atoms with Gasteiger partial charge in [0.15, 0.2) is 0 Å². The van der Waals surface area contributed by atoms with Crippen LogP contribution in [-0.2, 0) is 17.6 Å².